The number of likely N-dealkylation sites (N-methyl/N-ethyl adjacent to an activating group) is 1. The fourth-order valence-electron chi connectivity index (χ4n) is 3.60. The van der Waals surface area contributed by atoms with Crippen LogP contribution in [0.3, 0.4) is 0 Å². The Morgan fingerprint density at radius 3 is 2.12 bits per heavy atom. The molecule has 0 saturated carbocycles. The Balaban J connectivity index is 0.00000100. The van der Waals surface area contributed by atoms with E-state index in [-0.39, 0.29) is 18.1 Å². The summed E-state index contributed by atoms with van der Waals surface area (Å²) in [6, 6.07) is 15.7. The predicted octanol–water partition coefficient (Wildman–Crippen LogP) is 8.74. The maximum Gasteiger partial charge on any atom is 0.410 e. The molecular formula is C36H57N3O3. The number of cyclic esters (lactones) is 1. The van der Waals surface area contributed by atoms with Crippen LogP contribution in [0.25, 0.3) is 11.1 Å². The highest BCUT2D eigenvalue weighted by molar-refractivity contribution is 5.95. The van der Waals surface area contributed by atoms with Crippen LogP contribution in [-0.4, -0.2) is 61.6 Å². The van der Waals surface area contributed by atoms with Crippen LogP contribution in [0.1, 0.15) is 90.6 Å². The summed E-state index contributed by atoms with van der Waals surface area (Å²) < 4.78 is 5.16. The largest absolute Gasteiger partial charge is 0.444 e. The number of rotatable bonds is 9. The Hall–Kier alpha value is -3.38. The van der Waals surface area contributed by atoms with Crippen molar-refractivity contribution in [3.63, 3.8) is 0 Å². The van der Waals surface area contributed by atoms with Gasteiger partial charge in [-0.05, 0) is 83.5 Å². The molecular weight excluding hydrogens is 522 g/mol. The SMILES string of the molecule is C/C=C(/C)CC.C/C=C\CC.CC1CN(Cc2ccc(-c3cccc(C(=O)NCCN(C)C)c3)cc2)C(=O)O1.CCC. The van der Waals surface area contributed by atoms with Crippen LogP contribution < -0.4 is 5.32 Å². The van der Waals surface area contributed by atoms with Crippen LogP contribution in [0.2, 0.25) is 0 Å². The molecule has 2 amide bonds. The van der Waals surface area contributed by atoms with E-state index in [1.165, 1.54) is 18.4 Å². The molecule has 234 valence electrons. The zero-order chi connectivity index (χ0) is 31.9. The second kappa shape index (κ2) is 23.2. The first-order valence-electron chi connectivity index (χ1n) is 15.4. The highest BCUT2D eigenvalue weighted by Gasteiger charge is 2.27. The lowest BCUT2D eigenvalue weighted by atomic mass is 10.0. The molecule has 0 aromatic heterocycles. The van der Waals surface area contributed by atoms with Crippen molar-refractivity contribution in [3.05, 3.63) is 83.5 Å². The Bertz CT molecular complexity index is 1070. The van der Waals surface area contributed by atoms with E-state index in [2.05, 4.69) is 65.1 Å². The average molecular weight is 580 g/mol. The molecule has 0 radical (unpaired) electrons. The topological polar surface area (TPSA) is 61.9 Å². The summed E-state index contributed by atoms with van der Waals surface area (Å²) in [6.07, 6.45) is 9.61. The van der Waals surface area contributed by atoms with E-state index in [9.17, 15) is 9.59 Å². The molecule has 6 heteroatoms. The van der Waals surface area contributed by atoms with E-state index >= 15 is 0 Å². The highest BCUT2D eigenvalue weighted by atomic mass is 16.6. The zero-order valence-electron chi connectivity index (χ0n) is 28.0. The lowest BCUT2D eigenvalue weighted by Crippen LogP contribution is -2.31. The highest BCUT2D eigenvalue weighted by Crippen LogP contribution is 2.22. The minimum atomic E-state index is -0.260. The summed E-state index contributed by atoms with van der Waals surface area (Å²) in [7, 11) is 3.95. The van der Waals surface area contributed by atoms with Crippen molar-refractivity contribution in [2.75, 3.05) is 33.7 Å². The predicted molar refractivity (Wildman–Crippen MR) is 180 cm³/mol. The van der Waals surface area contributed by atoms with Gasteiger partial charge in [0.05, 0.1) is 6.54 Å². The van der Waals surface area contributed by atoms with Gasteiger partial charge in [-0.15, -0.1) is 0 Å². The van der Waals surface area contributed by atoms with Gasteiger partial charge in [0.1, 0.15) is 6.10 Å². The molecule has 2 aromatic rings. The normalized spacial score (nSPS) is 14.3. The van der Waals surface area contributed by atoms with E-state index in [4.69, 9.17) is 4.74 Å². The third-order valence-corrected chi connectivity index (χ3v) is 6.19. The van der Waals surface area contributed by atoms with E-state index in [1.54, 1.807) is 4.90 Å². The van der Waals surface area contributed by atoms with Crippen molar-refractivity contribution >= 4 is 12.0 Å². The molecule has 0 aliphatic carbocycles. The fraction of sp³-hybridized carbons (Fsp3) is 0.500. The minimum absolute atomic E-state index is 0.0571. The molecule has 2 aromatic carbocycles. The number of benzene rings is 2. The third-order valence-electron chi connectivity index (χ3n) is 6.19. The van der Waals surface area contributed by atoms with Crippen LogP contribution in [-0.2, 0) is 11.3 Å². The van der Waals surface area contributed by atoms with Gasteiger partial charge in [-0.2, -0.15) is 0 Å². The van der Waals surface area contributed by atoms with Gasteiger partial charge in [-0.1, -0.05) is 94.3 Å². The summed E-state index contributed by atoms with van der Waals surface area (Å²) in [6.45, 7) is 19.2. The van der Waals surface area contributed by atoms with Gasteiger partial charge in [0.25, 0.3) is 5.91 Å². The first-order chi connectivity index (χ1) is 20.1. The molecule has 1 fully saturated rings. The number of allylic oxidation sites excluding steroid dienone is 4. The molecule has 1 saturated heterocycles. The standard InChI is InChI=1S/C22H27N3O3.C6H12.C5H10.C3H8/c1-16-14-25(22(27)28-16)15-17-7-9-18(10-8-17)19-5-4-6-20(13-19)21(26)23-11-12-24(2)3;1-4-6(3)5-2;1-3-5-4-2;1-3-2/h4-10,13,16H,11-12,14-15H2,1-3H3,(H,23,26);4H,5H2,1-3H3;3,5H,4H2,1-2H3;3H2,1-2H3/b;6-4-;5-3-;. The molecule has 3 rings (SSSR count). The summed E-state index contributed by atoms with van der Waals surface area (Å²) in [4.78, 5) is 27.8. The Labute approximate surface area is 256 Å². The number of carbonyl (C=O) groups is 2. The fourth-order valence-corrected chi connectivity index (χ4v) is 3.60. The van der Waals surface area contributed by atoms with Crippen molar-refractivity contribution in [2.24, 2.45) is 0 Å². The Morgan fingerprint density at radius 2 is 1.69 bits per heavy atom. The van der Waals surface area contributed by atoms with Gasteiger partial charge in [0.2, 0.25) is 0 Å². The van der Waals surface area contributed by atoms with Crippen molar-refractivity contribution in [2.45, 2.75) is 87.3 Å². The monoisotopic (exact) mass is 579 g/mol. The number of carbonyl (C=O) groups excluding carboxylic acids is 2. The summed E-state index contributed by atoms with van der Waals surface area (Å²) in [5, 5.41) is 2.94. The Kier molecular flexibility index (Phi) is 21.3. The molecule has 1 unspecified atom stereocenters. The van der Waals surface area contributed by atoms with Crippen molar-refractivity contribution in [1.29, 1.82) is 0 Å². The molecule has 1 N–H and O–H groups in total. The second-order valence-electron chi connectivity index (χ2n) is 10.6. The molecule has 6 nitrogen and oxygen atoms in total. The number of amides is 2. The third kappa shape index (κ3) is 16.8. The molecule has 0 spiro atoms. The average Bonchev–Trinajstić information content (AvgIpc) is 3.30. The van der Waals surface area contributed by atoms with Crippen LogP contribution in [0.15, 0.2) is 72.3 Å². The zero-order valence-corrected chi connectivity index (χ0v) is 28.0. The Morgan fingerprint density at radius 1 is 1.05 bits per heavy atom. The van der Waals surface area contributed by atoms with E-state index in [1.807, 2.05) is 81.4 Å². The summed E-state index contributed by atoms with van der Waals surface area (Å²) >= 11 is 0. The molecule has 1 atom stereocenters. The van der Waals surface area contributed by atoms with Crippen molar-refractivity contribution in [1.82, 2.24) is 15.1 Å². The van der Waals surface area contributed by atoms with E-state index < -0.39 is 0 Å². The molecule has 0 bridgehead atoms. The van der Waals surface area contributed by atoms with Gasteiger partial charge in [-0.25, -0.2) is 4.79 Å². The van der Waals surface area contributed by atoms with Gasteiger partial charge in [0.15, 0.2) is 0 Å². The number of hydrogen-bond acceptors (Lipinski definition) is 4. The van der Waals surface area contributed by atoms with Gasteiger partial charge in [-0.3, -0.25) is 4.79 Å². The maximum atomic E-state index is 12.3. The molecule has 1 aliphatic heterocycles. The first kappa shape index (κ1) is 38.6. The summed E-state index contributed by atoms with van der Waals surface area (Å²) in [5.41, 5.74) is 5.18. The van der Waals surface area contributed by atoms with Gasteiger partial charge in [0, 0.05) is 25.2 Å². The van der Waals surface area contributed by atoms with E-state index in [0.717, 1.165) is 29.7 Å². The lowest BCUT2D eigenvalue weighted by Gasteiger charge is -2.13. The second-order valence-corrected chi connectivity index (χ2v) is 10.6. The van der Waals surface area contributed by atoms with Crippen LogP contribution >= 0.6 is 0 Å². The smallest absolute Gasteiger partial charge is 0.410 e. The van der Waals surface area contributed by atoms with Crippen LogP contribution in [0.5, 0.6) is 0 Å². The first-order valence-corrected chi connectivity index (χ1v) is 15.4. The molecule has 1 heterocycles. The van der Waals surface area contributed by atoms with Crippen LogP contribution in [0, 0.1) is 0 Å². The molecule has 42 heavy (non-hydrogen) atoms. The number of nitrogens with one attached hydrogen (secondary N) is 1. The number of nitrogens with zero attached hydrogens (tertiary/aromatic N) is 2. The maximum absolute atomic E-state index is 12.3. The number of hydrogen-bond donors (Lipinski definition) is 1. The summed E-state index contributed by atoms with van der Waals surface area (Å²) in [5.74, 6) is -0.0676. The van der Waals surface area contributed by atoms with Crippen molar-refractivity contribution in [3.8, 4) is 11.1 Å². The van der Waals surface area contributed by atoms with Crippen LogP contribution in [0.4, 0.5) is 4.79 Å². The van der Waals surface area contributed by atoms with Gasteiger partial charge >= 0.3 is 6.09 Å². The molecule has 1 aliphatic rings. The quantitative estimate of drug-likeness (QED) is 0.302. The van der Waals surface area contributed by atoms with Crippen molar-refractivity contribution < 1.29 is 14.3 Å². The van der Waals surface area contributed by atoms with Gasteiger partial charge < -0.3 is 19.9 Å². The van der Waals surface area contributed by atoms with E-state index in [0.29, 0.717) is 25.2 Å². The minimum Gasteiger partial charge on any atom is -0.444 e. The number of ether oxygens (including phenoxy) is 1. The lowest BCUT2D eigenvalue weighted by molar-refractivity contribution is 0.0951.